The van der Waals surface area contributed by atoms with Gasteiger partial charge in [-0.25, -0.2) is 4.68 Å². The molecule has 2 unspecified atom stereocenters. The molecule has 1 aliphatic carbocycles. The summed E-state index contributed by atoms with van der Waals surface area (Å²) in [5.74, 6) is 0.0189. The van der Waals surface area contributed by atoms with Crippen molar-refractivity contribution in [1.82, 2.24) is 25.5 Å². The minimum atomic E-state index is -0.365. The zero-order chi connectivity index (χ0) is 17.1. The van der Waals surface area contributed by atoms with Gasteiger partial charge in [-0.3, -0.25) is 4.79 Å². The first kappa shape index (κ1) is 16.5. The van der Waals surface area contributed by atoms with Crippen molar-refractivity contribution >= 4 is 17.7 Å². The van der Waals surface area contributed by atoms with Crippen LogP contribution in [0.15, 0.2) is 35.5 Å². The molecule has 1 saturated heterocycles. The summed E-state index contributed by atoms with van der Waals surface area (Å²) < 4.78 is 7.43. The van der Waals surface area contributed by atoms with Gasteiger partial charge in [-0.15, -0.1) is 5.10 Å². The summed E-state index contributed by atoms with van der Waals surface area (Å²) in [6.45, 7) is 1.42. The Hall–Kier alpha value is -1.93. The van der Waals surface area contributed by atoms with Crippen LogP contribution in [0.5, 0.6) is 0 Å². The van der Waals surface area contributed by atoms with Crippen molar-refractivity contribution in [2.24, 2.45) is 0 Å². The van der Waals surface area contributed by atoms with Crippen LogP contribution in [0, 0.1) is 0 Å². The second-order valence-corrected chi connectivity index (χ2v) is 7.54. The standard InChI is InChI=1S/C17H21N5O2S/c23-16(18-13-8-9-13)15(12-5-2-1-3-6-12)25-17-19-20-21-22(17)11-14-7-4-10-24-14/h1-3,5-6,13-15H,4,7-11H2,(H,18,23). The molecule has 1 saturated carbocycles. The number of nitrogens with one attached hydrogen (secondary N) is 1. The molecule has 2 heterocycles. The number of hydrogen-bond donors (Lipinski definition) is 1. The molecule has 1 aromatic heterocycles. The van der Waals surface area contributed by atoms with E-state index in [1.165, 1.54) is 11.8 Å². The summed E-state index contributed by atoms with van der Waals surface area (Å²) in [5, 5.41) is 15.4. The van der Waals surface area contributed by atoms with Crippen molar-refractivity contribution in [1.29, 1.82) is 0 Å². The van der Waals surface area contributed by atoms with Crippen molar-refractivity contribution in [3.05, 3.63) is 35.9 Å². The molecule has 2 aliphatic rings. The molecule has 4 rings (SSSR count). The average Bonchev–Trinajstić information content (AvgIpc) is 3.11. The Morgan fingerprint density at radius 2 is 2.16 bits per heavy atom. The maximum atomic E-state index is 12.7. The Kier molecular flexibility index (Phi) is 4.98. The molecule has 25 heavy (non-hydrogen) atoms. The highest BCUT2D eigenvalue weighted by Gasteiger charge is 2.30. The fourth-order valence-corrected chi connectivity index (χ4v) is 3.88. The van der Waals surface area contributed by atoms with E-state index in [1.54, 1.807) is 4.68 Å². The molecule has 8 heteroatoms. The zero-order valence-electron chi connectivity index (χ0n) is 13.9. The average molecular weight is 359 g/mol. The quantitative estimate of drug-likeness (QED) is 0.761. The highest BCUT2D eigenvalue weighted by atomic mass is 32.2. The molecule has 7 nitrogen and oxygen atoms in total. The number of hydrogen-bond acceptors (Lipinski definition) is 6. The molecule has 132 valence electrons. The number of carbonyl (C=O) groups is 1. The predicted octanol–water partition coefficient (Wildman–Crippen LogP) is 1.96. The van der Waals surface area contributed by atoms with Crippen molar-refractivity contribution in [2.75, 3.05) is 6.61 Å². The highest BCUT2D eigenvalue weighted by molar-refractivity contribution is 8.00. The van der Waals surface area contributed by atoms with E-state index in [0.717, 1.165) is 37.9 Å². The Morgan fingerprint density at radius 1 is 1.32 bits per heavy atom. The molecule has 1 aromatic carbocycles. The van der Waals surface area contributed by atoms with Crippen molar-refractivity contribution in [2.45, 2.75) is 54.8 Å². The van der Waals surface area contributed by atoms with Crippen molar-refractivity contribution in [3.63, 3.8) is 0 Å². The molecule has 1 N–H and O–H groups in total. The Morgan fingerprint density at radius 3 is 2.88 bits per heavy atom. The van der Waals surface area contributed by atoms with E-state index in [9.17, 15) is 4.79 Å². The van der Waals surface area contributed by atoms with Gasteiger partial charge in [0.25, 0.3) is 0 Å². The molecule has 2 fully saturated rings. The highest BCUT2D eigenvalue weighted by Crippen LogP contribution is 2.35. The number of thioether (sulfide) groups is 1. The lowest BCUT2D eigenvalue weighted by Crippen LogP contribution is -2.30. The van der Waals surface area contributed by atoms with Crippen molar-refractivity contribution < 1.29 is 9.53 Å². The Balaban J connectivity index is 1.52. The maximum absolute atomic E-state index is 12.7. The van der Waals surface area contributed by atoms with Crippen LogP contribution >= 0.6 is 11.8 Å². The van der Waals surface area contributed by atoms with Crippen LogP contribution in [0.1, 0.15) is 36.5 Å². The molecular weight excluding hydrogens is 338 g/mol. The SMILES string of the molecule is O=C(NC1CC1)C(Sc1nnnn1CC1CCCO1)c1ccccc1. The molecule has 2 aromatic rings. The molecule has 2 atom stereocenters. The summed E-state index contributed by atoms with van der Waals surface area (Å²) in [6, 6.07) is 10.1. The third kappa shape index (κ3) is 4.19. The second kappa shape index (κ2) is 7.53. The first-order valence-electron chi connectivity index (χ1n) is 8.69. The molecule has 1 aliphatic heterocycles. The van der Waals surface area contributed by atoms with Gasteiger partial charge in [-0.2, -0.15) is 0 Å². The van der Waals surface area contributed by atoms with Crippen molar-refractivity contribution in [3.8, 4) is 0 Å². The summed E-state index contributed by atoms with van der Waals surface area (Å²) in [7, 11) is 0. The van der Waals surface area contributed by atoms with Gasteiger partial charge in [-0.1, -0.05) is 42.1 Å². The number of amides is 1. The van der Waals surface area contributed by atoms with Crippen LogP contribution in [0.2, 0.25) is 0 Å². The first-order valence-corrected chi connectivity index (χ1v) is 9.57. The molecular formula is C17H21N5O2S. The van der Waals surface area contributed by atoms with Crippen LogP contribution in [0.25, 0.3) is 0 Å². The van der Waals surface area contributed by atoms with E-state index in [-0.39, 0.29) is 17.3 Å². The Bertz CT molecular complexity index is 713. The lowest BCUT2D eigenvalue weighted by Gasteiger charge is -2.17. The fourth-order valence-electron chi connectivity index (χ4n) is 2.89. The normalized spacial score (nSPS) is 21.2. The Labute approximate surface area is 150 Å². The van der Waals surface area contributed by atoms with Crippen LogP contribution in [-0.2, 0) is 16.1 Å². The molecule has 1 amide bonds. The third-order valence-corrected chi connectivity index (χ3v) is 5.61. The van der Waals surface area contributed by atoms with Gasteiger partial charge < -0.3 is 10.1 Å². The van der Waals surface area contributed by atoms with Crippen LogP contribution in [0.4, 0.5) is 0 Å². The topological polar surface area (TPSA) is 81.9 Å². The van der Waals surface area contributed by atoms with Gasteiger partial charge in [0, 0.05) is 12.6 Å². The molecule has 0 bridgehead atoms. The number of nitrogens with zero attached hydrogens (tertiary/aromatic N) is 4. The summed E-state index contributed by atoms with van der Waals surface area (Å²) in [6.07, 6.45) is 4.38. The van der Waals surface area contributed by atoms with Gasteiger partial charge in [-0.05, 0) is 41.7 Å². The number of ether oxygens (including phenoxy) is 1. The van der Waals surface area contributed by atoms with Gasteiger partial charge in [0.1, 0.15) is 5.25 Å². The molecule has 0 spiro atoms. The lowest BCUT2D eigenvalue weighted by atomic mass is 10.1. The van der Waals surface area contributed by atoms with E-state index in [1.807, 2.05) is 30.3 Å². The van der Waals surface area contributed by atoms with Gasteiger partial charge in [0.05, 0.1) is 12.6 Å². The van der Waals surface area contributed by atoms with Crippen LogP contribution in [0.3, 0.4) is 0 Å². The number of rotatable bonds is 7. The lowest BCUT2D eigenvalue weighted by molar-refractivity contribution is -0.120. The summed E-state index contributed by atoms with van der Waals surface area (Å²) in [5.41, 5.74) is 0.956. The number of tetrazole rings is 1. The van der Waals surface area contributed by atoms with E-state index >= 15 is 0 Å². The maximum Gasteiger partial charge on any atom is 0.238 e. The fraction of sp³-hybridized carbons (Fsp3) is 0.529. The number of carbonyl (C=O) groups excluding carboxylic acids is 1. The van der Waals surface area contributed by atoms with E-state index in [4.69, 9.17) is 4.74 Å². The van der Waals surface area contributed by atoms with E-state index in [2.05, 4.69) is 20.8 Å². The minimum absolute atomic E-state index is 0.0189. The zero-order valence-corrected chi connectivity index (χ0v) is 14.7. The second-order valence-electron chi connectivity index (χ2n) is 6.47. The molecule has 0 radical (unpaired) electrons. The first-order chi connectivity index (χ1) is 12.3. The van der Waals surface area contributed by atoms with Gasteiger partial charge in [0.15, 0.2) is 0 Å². The van der Waals surface area contributed by atoms with Crippen LogP contribution < -0.4 is 5.32 Å². The number of aromatic nitrogens is 4. The van der Waals surface area contributed by atoms with E-state index in [0.29, 0.717) is 17.7 Å². The largest absolute Gasteiger partial charge is 0.376 e. The van der Waals surface area contributed by atoms with Crippen LogP contribution in [-0.4, -0.2) is 44.9 Å². The predicted molar refractivity (Wildman–Crippen MR) is 93.0 cm³/mol. The summed E-state index contributed by atoms with van der Waals surface area (Å²) >= 11 is 1.40. The number of benzene rings is 1. The summed E-state index contributed by atoms with van der Waals surface area (Å²) in [4.78, 5) is 12.7. The minimum Gasteiger partial charge on any atom is -0.376 e. The van der Waals surface area contributed by atoms with Gasteiger partial charge >= 0.3 is 0 Å². The van der Waals surface area contributed by atoms with E-state index < -0.39 is 0 Å². The third-order valence-electron chi connectivity index (χ3n) is 4.39. The smallest absolute Gasteiger partial charge is 0.238 e. The van der Waals surface area contributed by atoms with Gasteiger partial charge in [0.2, 0.25) is 11.1 Å². The monoisotopic (exact) mass is 359 g/mol.